The first kappa shape index (κ1) is 18.1. The van der Waals surface area contributed by atoms with Crippen molar-refractivity contribution in [3.63, 3.8) is 0 Å². The Morgan fingerprint density at radius 3 is 2.62 bits per heavy atom. The Balaban J connectivity index is 1.62. The molecule has 1 aromatic carbocycles. The fraction of sp³-hybridized carbons (Fsp3) is 0.238. The first-order chi connectivity index (χ1) is 12.5. The van der Waals surface area contributed by atoms with Gasteiger partial charge in [0.15, 0.2) is 0 Å². The molecule has 2 aromatic heterocycles. The molecule has 0 aliphatic heterocycles. The number of rotatable bonds is 6. The van der Waals surface area contributed by atoms with Gasteiger partial charge in [-0.05, 0) is 44.5 Å². The van der Waals surface area contributed by atoms with Crippen LogP contribution < -0.4 is 5.32 Å². The quantitative estimate of drug-likeness (QED) is 0.664. The maximum absolute atomic E-state index is 12.1. The molecule has 0 saturated heterocycles. The van der Waals surface area contributed by atoms with Crippen LogP contribution in [-0.4, -0.2) is 15.7 Å². The third kappa shape index (κ3) is 4.49. The van der Waals surface area contributed by atoms with Crippen molar-refractivity contribution < 1.29 is 4.79 Å². The topological polar surface area (TPSA) is 46.9 Å². The fourth-order valence-corrected chi connectivity index (χ4v) is 3.62. The van der Waals surface area contributed by atoms with E-state index in [1.807, 2.05) is 41.9 Å². The summed E-state index contributed by atoms with van der Waals surface area (Å²) < 4.78 is 2.00. The Morgan fingerprint density at radius 1 is 1.15 bits per heavy atom. The maximum Gasteiger partial charge on any atom is 0.244 e. The third-order valence-electron chi connectivity index (χ3n) is 4.31. The summed E-state index contributed by atoms with van der Waals surface area (Å²) in [5.41, 5.74) is 4.33. The van der Waals surface area contributed by atoms with E-state index in [9.17, 15) is 4.79 Å². The van der Waals surface area contributed by atoms with Crippen LogP contribution in [0.1, 0.15) is 32.3 Å². The van der Waals surface area contributed by atoms with E-state index in [-0.39, 0.29) is 5.91 Å². The van der Waals surface area contributed by atoms with Crippen molar-refractivity contribution >= 4 is 23.3 Å². The van der Waals surface area contributed by atoms with E-state index in [4.69, 9.17) is 0 Å². The average molecular weight is 366 g/mol. The highest BCUT2D eigenvalue weighted by molar-refractivity contribution is 7.12. The highest BCUT2D eigenvalue weighted by Crippen LogP contribution is 2.17. The molecule has 0 aliphatic rings. The second-order valence-electron chi connectivity index (χ2n) is 6.29. The van der Waals surface area contributed by atoms with Crippen molar-refractivity contribution in [3.8, 4) is 0 Å². The Kier molecular flexibility index (Phi) is 5.68. The smallest absolute Gasteiger partial charge is 0.244 e. The van der Waals surface area contributed by atoms with Gasteiger partial charge in [-0.15, -0.1) is 11.3 Å². The molecule has 2 heterocycles. The van der Waals surface area contributed by atoms with Gasteiger partial charge in [-0.3, -0.25) is 9.48 Å². The molecule has 0 unspecified atom stereocenters. The Labute approximate surface area is 158 Å². The summed E-state index contributed by atoms with van der Waals surface area (Å²) in [6.45, 7) is 7.31. The lowest BCUT2D eigenvalue weighted by molar-refractivity contribution is -0.116. The van der Waals surface area contributed by atoms with Crippen LogP contribution in [0.2, 0.25) is 0 Å². The van der Waals surface area contributed by atoms with Gasteiger partial charge in [-0.25, -0.2) is 0 Å². The van der Waals surface area contributed by atoms with Crippen molar-refractivity contribution in [1.82, 2.24) is 15.1 Å². The predicted octanol–water partition coefficient (Wildman–Crippen LogP) is 4.25. The van der Waals surface area contributed by atoms with Gasteiger partial charge >= 0.3 is 0 Å². The lowest BCUT2D eigenvalue weighted by Gasteiger charge is -2.06. The summed E-state index contributed by atoms with van der Waals surface area (Å²) in [6, 6.07) is 14.3. The molecule has 0 bridgehead atoms. The summed E-state index contributed by atoms with van der Waals surface area (Å²) in [6.07, 6.45) is 3.44. The van der Waals surface area contributed by atoms with E-state index >= 15 is 0 Å². The van der Waals surface area contributed by atoms with Crippen LogP contribution in [0.15, 0.2) is 48.5 Å². The molecule has 0 saturated carbocycles. The second kappa shape index (κ2) is 8.15. The van der Waals surface area contributed by atoms with Gasteiger partial charge in [0.25, 0.3) is 0 Å². The van der Waals surface area contributed by atoms with Gasteiger partial charge < -0.3 is 5.32 Å². The number of hydrogen-bond acceptors (Lipinski definition) is 3. The van der Waals surface area contributed by atoms with Crippen LogP contribution in [0, 0.1) is 20.8 Å². The minimum atomic E-state index is -0.0920. The Morgan fingerprint density at radius 2 is 1.92 bits per heavy atom. The molecule has 0 aliphatic carbocycles. The van der Waals surface area contributed by atoms with Crippen molar-refractivity contribution in [3.05, 3.63) is 80.8 Å². The highest BCUT2D eigenvalue weighted by atomic mass is 32.1. The van der Waals surface area contributed by atoms with E-state index in [0.717, 1.165) is 28.4 Å². The van der Waals surface area contributed by atoms with E-state index < -0.39 is 0 Å². The normalized spacial score (nSPS) is 11.2. The first-order valence-corrected chi connectivity index (χ1v) is 9.44. The average Bonchev–Trinajstić information content (AvgIpc) is 3.16. The van der Waals surface area contributed by atoms with Crippen LogP contribution in [-0.2, 0) is 17.9 Å². The monoisotopic (exact) mass is 365 g/mol. The SMILES string of the molecule is Cc1ccc(/C=C/C(=O)NCc2c(C)nn(Cc3ccccc3)c2C)s1. The van der Waals surface area contributed by atoms with Crippen LogP contribution in [0.3, 0.4) is 0 Å². The Hall–Kier alpha value is -2.66. The minimum Gasteiger partial charge on any atom is -0.348 e. The number of aryl methyl sites for hydroxylation is 2. The van der Waals surface area contributed by atoms with Gasteiger partial charge in [0, 0.05) is 33.6 Å². The van der Waals surface area contributed by atoms with Crippen molar-refractivity contribution in [2.24, 2.45) is 0 Å². The summed E-state index contributed by atoms with van der Waals surface area (Å²) in [5, 5.41) is 7.59. The van der Waals surface area contributed by atoms with Gasteiger partial charge in [0.2, 0.25) is 5.91 Å². The number of thiophene rings is 1. The molecule has 0 radical (unpaired) electrons. The molecule has 0 fully saturated rings. The number of nitrogens with one attached hydrogen (secondary N) is 1. The number of hydrogen-bond donors (Lipinski definition) is 1. The van der Waals surface area contributed by atoms with E-state index in [0.29, 0.717) is 6.54 Å². The highest BCUT2D eigenvalue weighted by Gasteiger charge is 2.12. The zero-order valence-corrected chi connectivity index (χ0v) is 16.1. The standard InChI is InChI=1S/C21H23N3OS/c1-15-9-10-19(26-15)11-12-21(25)22-13-20-16(2)23-24(17(20)3)14-18-7-5-4-6-8-18/h4-12H,13-14H2,1-3H3,(H,22,25)/b12-11+. The van der Waals surface area contributed by atoms with Gasteiger partial charge in [-0.1, -0.05) is 30.3 Å². The minimum absolute atomic E-state index is 0.0920. The number of nitrogens with zero attached hydrogens (tertiary/aromatic N) is 2. The molecule has 3 aromatic rings. The van der Waals surface area contributed by atoms with Crippen LogP contribution in [0.25, 0.3) is 6.08 Å². The largest absolute Gasteiger partial charge is 0.348 e. The molecular weight excluding hydrogens is 342 g/mol. The maximum atomic E-state index is 12.1. The lowest BCUT2D eigenvalue weighted by atomic mass is 10.2. The molecule has 3 rings (SSSR count). The number of benzene rings is 1. The molecule has 0 atom stereocenters. The van der Waals surface area contributed by atoms with Crippen molar-refractivity contribution in [2.45, 2.75) is 33.9 Å². The molecule has 4 nitrogen and oxygen atoms in total. The molecular formula is C21H23N3OS. The zero-order valence-electron chi connectivity index (χ0n) is 15.3. The molecule has 1 N–H and O–H groups in total. The van der Waals surface area contributed by atoms with E-state index in [1.54, 1.807) is 17.4 Å². The van der Waals surface area contributed by atoms with Crippen LogP contribution >= 0.6 is 11.3 Å². The summed E-state index contributed by atoms with van der Waals surface area (Å²) in [4.78, 5) is 14.4. The molecule has 134 valence electrons. The third-order valence-corrected chi connectivity index (χ3v) is 5.27. The predicted molar refractivity (Wildman–Crippen MR) is 107 cm³/mol. The van der Waals surface area contributed by atoms with E-state index in [1.165, 1.54) is 10.4 Å². The zero-order chi connectivity index (χ0) is 18.5. The number of amides is 1. The number of aromatic nitrogens is 2. The summed E-state index contributed by atoms with van der Waals surface area (Å²) >= 11 is 1.67. The van der Waals surface area contributed by atoms with Crippen LogP contribution in [0.4, 0.5) is 0 Å². The van der Waals surface area contributed by atoms with Crippen LogP contribution in [0.5, 0.6) is 0 Å². The number of carbonyl (C=O) groups excluding carboxylic acids is 1. The van der Waals surface area contributed by atoms with Gasteiger partial charge in [-0.2, -0.15) is 5.10 Å². The lowest BCUT2D eigenvalue weighted by Crippen LogP contribution is -2.21. The van der Waals surface area contributed by atoms with E-state index in [2.05, 4.69) is 42.5 Å². The van der Waals surface area contributed by atoms with Crippen molar-refractivity contribution in [1.29, 1.82) is 0 Å². The number of carbonyl (C=O) groups is 1. The van der Waals surface area contributed by atoms with Gasteiger partial charge in [0.05, 0.1) is 12.2 Å². The first-order valence-electron chi connectivity index (χ1n) is 8.62. The summed E-state index contributed by atoms with van der Waals surface area (Å²) in [5.74, 6) is -0.0920. The van der Waals surface area contributed by atoms with Gasteiger partial charge in [0.1, 0.15) is 0 Å². The molecule has 26 heavy (non-hydrogen) atoms. The molecule has 1 amide bonds. The summed E-state index contributed by atoms with van der Waals surface area (Å²) in [7, 11) is 0. The Bertz CT molecular complexity index is 922. The van der Waals surface area contributed by atoms with Crippen molar-refractivity contribution in [2.75, 3.05) is 0 Å². The second-order valence-corrected chi connectivity index (χ2v) is 7.61. The fourth-order valence-electron chi connectivity index (χ4n) is 2.84. The molecule has 5 heteroatoms. The molecule has 0 spiro atoms.